The Morgan fingerprint density at radius 3 is 2.71 bits per heavy atom. The first kappa shape index (κ1) is 11.4. The van der Waals surface area contributed by atoms with E-state index < -0.39 is 0 Å². The van der Waals surface area contributed by atoms with Crippen LogP contribution in [0.2, 0.25) is 0 Å². The summed E-state index contributed by atoms with van der Waals surface area (Å²) in [6, 6.07) is 1.58. The monoisotopic (exact) mass is 258 g/mol. The van der Waals surface area contributed by atoms with E-state index >= 15 is 0 Å². The van der Waals surface area contributed by atoms with Crippen LogP contribution in [-0.4, -0.2) is 14.9 Å². The molecule has 1 aromatic rings. The Kier molecular flexibility index (Phi) is 3.86. The molecular weight excluding hydrogens is 244 g/mol. The van der Waals surface area contributed by atoms with Crippen molar-refractivity contribution >= 4 is 15.9 Å². The molecule has 0 saturated carbocycles. The van der Waals surface area contributed by atoms with Gasteiger partial charge in [-0.1, -0.05) is 22.9 Å². The molecule has 0 aliphatic rings. The molecule has 0 fully saturated rings. The zero-order valence-corrected chi connectivity index (χ0v) is 10.3. The molecule has 3 nitrogen and oxygen atoms in total. The Labute approximate surface area is 92.3 Å². The van der Waals surface area contributed by atoms with Crippen LogP contribution in [0.5, 0.6) is 0 Å². The first-order chi connectivity index (χ1) is 6.54. The maximum Gasteiger partial charge on any atom is 0.253 e. The fraction of sp³-hybridized carbons (Fsp3) is 0.600. The Bertz CT molecular complexity index is 373. The molecule has 0 bridgehead atoms. The second-order valence-electron chi connectivity index (χ2n) is 3.65. The van der Waals surface area contributed by atoms with Crippen LogP contribution >= 0.6 is 15.9 Å². The van der Waals surface area contributed by atoms with Crippen LogP contribution in [0.4, 0.5) is 0 Å². The summed E-state index contributed by atoms with van der Waals surface area (Å²) in [5.41, 5.74) is 0.832. The first-order valence-corrected chi connectivity index (χ1v) is 5.77. The van der Waals surface area contributed by atoms with Crippen molar-refractivity contribution in [2.45, 2.75) is 27.3 Å². The summed E-state index contributed by atoms with van der Waals surface area (Å²) in [5, 5.41) is 0.896. The highest BCUT2D eigenvalue weighted by Crippen LogP contribution is 2.04. The summed E-state index contributed by atoms with van der Waals surface area (Å²) in [6.45, 7) is 6.53. The van der Waals surface area contributed by atoms with Gasteiger partial charge in [0.15, 0.2) is 0 Å². The smallest absolute Gasteiger partial charge is 0.253 e. The van der Waals surface area contributed by atoms with Gasteiger partial charge in [-0.2, -0.15) is 0 Å². The molecule has 0 amide bonds. The Balaban J connectivity index is 3.03. The Morgan fingerprint density at radius 1 is 1.57 bits per heavy atom. The lowest BCUT2D eigenvalue weighted by atomic mass is 10.2. The molecule has 0 aliphatic carbocycles. The van der Waals surface area contributed by atoms with Crippen LogP contribution < -0.4 is 5.56 Å². The largest absolute Gasteiger partial charge is 0.297 e. The van der Waals surface area contributed by atoms with E-state index in [1.165, 1.54) is 0 Å². The normalized spacial score (nSPS) is 12.9. The van der Waals surface area contributed by atoms with Gasteiger partial charge in [-0.3, -0.25) is 9.36 Å². The summed E-state index contributed by atoms with van der Waals surface area (Å²) >= 11 is 3.40. The second-order valence-corrected chi connectivity index (χ2v) is 4.30. The van der Waals surface area contributed by atoms with Gasteiger partial charge < -0.3 is 0 Å². The third-order valence-electron chi connectivity index (χ3n) is 2.08. The number of halogens is 1. The van der Waals surface area contributed by atoms with E-state index in [0.29, 0.717) is 5.92 Å². The van der Waals surface area contributed by atoms with Crippen molar-refractivity contribution in [1.29, 1.82) is 0 Å². The highest BCUT2D eigenvalue weighted by molar-refractivity contribution is 9.09. The molecule has 1 atom stereocenters. The highest BCUT2D eigenvalue weighted by Gasteiger charge is 2.06. The van der Waals surface area contributed by atoms with Gasteiger partial charge >= 0.3 is 0 Å². The topological polar surface area (TPSA) is 34.9 Å². The second kappa shape index (κ2) is 4.73. The quantitative estimate of drug-likeness (QED) is 0.777. The molecule has 1 aromatic heterocycles. The summed E-state index contributed by atoms with van der Waals surface area (Å²) in [6.07, 6.45) is 0. The number of rotatable bonds is 3. The molecule has 4 heteroatoms. The minimum absolute atomic E-state index is 0.0443. The lowest BCUT2D eigenvalue weighted by Crippen LogP contribution is -2.26. The third kappa shape index (κ3) is 2.67. The van der Waals surface area contributed by atoms with Crippen LogP contribution in [-0.2, 0) is 6.54 Å². The van der Waals surface area contributed by atoms with Crippen LogP contribution in [0.25, 0.3) is 0 Å². The fourth-order valence-electron chi connectivity index (χ4n) is 1.35. The average molecular weight is 259 g/mol. The van der Waals surface area contributed by atoms with E-state index in [1.54, 1.807) is 10.6 Å². The van der Waals surface area contributed by atoms with E-state index in [-0.39, 0.29) is 5.56 Å². The minimum atomic E-state index is 0.0443. The van der Waals surface area contributed by atoms with E-state index in [2.05, 4.69) is 27.8 Å². The Morgan fingerprint density at radius 2 is 2.21 bits per heavy atom. The molecule has 0 saturated heterocycles. The standard InChI is InChI=1S/C10H15BrN2O/c1-7(5-11)6-13-9(3)12-8(2)4-10(13)14/h4,7H,5-6H2,1-3H3. The molecule has 0 aliphatic heterocycles. The fourth-order valence-corrected chi connectivity index (χ4v) is 1.55. The minimum Gasteiger partial charge on any atom is -0.297 e. The van der Waals surface area contributed by atoms with Crippen molar-refractivity contribution in [2.75, 3.05) is 5.33 Å². The van der Waals surface area contributed by atoms with Gasteiger partial charge in [0.25, 0.3) is 5.56 Å². The number of aryl methyl sites for hydroxylation is 2. The van der Waals surface area contributed by atoms with Crippen LogP contribution in [0.1, 0.15) is 18.4 Å². The SMILES string of the molecule is Cc1cc(=O)n(CC(C)CBr)c(C)n1. The van der Waals surface area contributed by atoms with Crippen molar-refractivity contribution in [2.24, 2.45) is 5.92 Å². The van der Waals surface area contributed by atoms with Crippen molar-refractivity contribution in [3.8, 4) is 0 Å². The van der Waals surface area contributed by atoms with E-state index in [4.69, 9.17) is 0 Å². The van der Waals surface area contributed by atoms with Crippen LogP contribution in [0.3, 0.4) is 0 Å². The third-order valence-corrected chi connectivity index (χ3v) is 3.19. The van der Waals surface area contributed by atoms with Gasteiger partial charge in [-0.25, -0.2) is 4.98 Å². The summed E-state index contributed by atoms with van der Waals surface area (Å²) < 4.78 is 1.72. The molecule has 0 spiro atoms. The van der Waals surface area contributed by atoms with Crippen LogP contribution in [0.15, 0.2) is 10.9 Å². The number of hydrogen-bond acceptors (Lipinski definition) is 2. The molecular formula is C10H15BrN2O. The van der Waals surface area contributed by atoms with Crippen molar-refractivity contribution in [1.82, 2.24) is 9.55 Å². The molecule has 1 unspecified atom stereocenters. The van der Waals surface area contributed by atoms with E-state index in [9.17, 15) is 4.79 Å². The predicted octanol–water partition coefficient (Wildman–Crippen LogP) is 1.89. The lowest BCUT2D eigenvalue weighted by molar-refractivity contribution is 0.502. The maximum absolute atomic E-state index is 11.6. The zero-order chi connectivity index (χ0) is 10.7. The van der Waals surface area contributed by atoms with Gasteiger partial charge in [0, 0.05) is 23.6 Å². The van der Waals surface area contributed by atoms with Gasteiger partial charge in [0.05, 0.1) is 0 Å². The number of alkyl halides is 1. The van der Waals surface area contributed by atoms with E-state index in [1.807, 2.05) is 13.8 Å². The van der Waals surface area contributed by atoms with Gasteiger partial charge in [0.2, 0.25) is 0 Å². The molecule has 0 radical (unpaired) electrons. The average Bonchev–Trinajstić information content (AvgIpc) is 2.10. The van der Waals surface area contributed by atoms with Crippen molar-refractivity contribution < 1.29 is 0 Å². The van der Waals surface area contributed by atoms with Crippen molar-refractivity contribution in [3.05, 3.63) is 27.9 Å². The molecule has 78 valence electrons. The maximum atomic E-state index is 11.6. The molecule has 1 heterocycles. The molecule has 0 aromatic carbocycles. The molecule has 0 N–H and O–H groups in total. The van der Waals surface area contributed by atoms with Crippen LogP contribution in [0, 0.1) is 19.8 Å². The molecule has 1 rings (SSSR count). The highest BCUT2D eigenvalue weighted by atomic mass is 79.9. The van der Waals surface area contributed by atoms with E-state index in [0.717, 1.165) is 23.4 Å². The van der Waals surface area contributed by atoms with Gasteiger partial charge in [-0.05, 0) is 19.8 Å². The number of hydrogen-bond donors (Lipinski definition) is 0. The first-order valence-electron chi connectivity index (χ1n) is 4.65. The van der Waals surface area contributed by atoms with Gasteiger partial charge in [-0.15, -0.1) is 0 Å². The van der Waals surface area contributed by atoms with Gasteiger partial charge in [0.1, 0.15) is 5.82 Å². The molecule has 14 heavy (non-hydrogen) atoms. The summed E-state index contributed by atoms with van der Waals surface area (Å²) in [4.78, 5) is 15.9. The van der Waals surface area contributed by atoms with Crippen molar-refractivity contribution in [3.63, 3.8) is 0 Å². The zero-order valence-electron chi connectivity index (χ0n) is 8.75. The summed E-state index contributed by atoms with van der Waals surface area (Å²) in [5.74, 6) is 1.23. The number of aromatic nitrogens is 2. The Hall–Kier alpha value is -0.640. The summed E-state index contributed by atoms with van der Waals surface area (Å²) in [7, 11) is 0. The predicted molar refractivity (Wildman–Crippen MR) is 60.9 cm³/mol. The lowest BCUT2D eigenvalue weighted by Gasteiger charge is -2.12. The number of nitrogens with zero attached hydrogens (tertiary/aromatic N) is 2.